The Balaban J connectivity index is 1.53. The van der Waals surface area contributed by atoms with Gasteiger partial charge in [-0.2, -0.15) is 0 Å². The normalized spacial score (nSPS) is 17.3. The van der Waals surface area contributed by atoms with E-state index in [1.54, 1.807) is 24.3 Å². The number of carbonyl (C=O) groups is 1. The lowest BCUT2D eigenvalue weighted by atomic mass is 10.2. The number of nitrogens with zero attached hydrogens (tertiary/aromatic N) is 4. The van der Waals surface area contributed by atoms with Crippen LogP contribution in [0.1, 0.15) is 18.4 Å². The van der Waals surface area contributed by atoms with Crippen molar-refractivity contribution >= 4 is 28.2 Å². The van der Waals surface area contributed by atoms with Gasteiger partial charge in [-0.1, -0.05) is 5.16 Å². The van der Waals surface area contributed by atoms with E-state index < -0.39 is 0 Å². The Morgan fingerprint density at radius 1 is 1.35 bits per heavy atom. The average Bonchev–Trinajstić information content (AvgIpc) is 3.15. The molecule has 0 spiro atoms. The van der Waals surface area contributed by atoms with E-state index in [9.17, 15) is 4.79 Å². The zero-order valence-electron chi connectivity index (χ0n) is 13.6. The molecule has 0 unspecified atom stereocenters. The molecule has 0 aliphatic carbocycles. The molecule has 1 aliphatic rings. The van der Waals surface area contributed by atoms with Crippen molar-refractivity contribution in [2.75, 3.05) is 36.4 Å². The summed E-state index contributed by atoms with van der Waals surface area (Å²) in [6, 6.07) is 1.51. The van der Waals surface area contributed by atoms with E-state index in [1.165, 1.54) is 0 Å². The van der Waals surface area contributed by atoms with Crippen LogP contribution in [-0.4, -0.2) is 53.2 Å². The SMILES string of the molecule is Cc1csc(N2CCN([C@@H](C)C(=O)Nc3cc(C)on3)CC2)n1. The van der Waals surface area contributed by atoms with Crippen LogP contribution >= 0.6 is 11.3 Å². The molecule has 1 fully saturated rings. The van der Waals surface area contributed by atoms with Crippen LogP contribution in [0.2, 0.25) is 0 Å². The summed E-state index contributed by atoms with van der Waals surface area (Å²) >= 11 is 1.67. The highest BCUT2D eigenvalue weighted by Gasteiger charge is 2.27. The summed E-state index contributed by atoms with van der Waals surface area (Å²) in [7, 11) is 0. The summed E-state index contributed by atoms with van der Waals surface area (Å²) in [5.41, 5.74) is 1.06. The van der Waals surface area contributed by atoms with E-state index in [4.69, 9.17) is 4.52 Å². The minimum absolute atomic E-state index is 0.0585. The van der Waals surface area contributed by atoms with Gasteiger partial charge >= 0.3 is 0 Å². The van der Waals surface area contributed by atoms with Crippen molar-refractivity contribution in [3.05, 3.63) is 22.9 Å². The molecule has 2 aromatic heterocycles. The quantitative estimate of drug-likeness (QED) is 0.920. The Kier molecular flexibility index (Phi) is 4.63. The number of anilines is 2. The molecule has 1 atom stereocenters. The molecule has 2 aromatic rings. The van der Waals surface area contributed by atoms with E-state index >= 15 is 0 Å². The molecule has 23 heavy (non-hydrogen) atoms. The first kappa shape index (κ1) is 15.9. The van der Waals surface area contributed by atoms with Crippen molar-refractivity contribution in [2.45, 2.75) is 26.8 Å². The molecule has 7 nitrogen and oxygen atoms in total. The summed E-state index contributed by atoms with van der Waals surface area (Å²) in [6.45, 7) is 9.17. The van der Waals surface area contributed by atoms with E-state index in [1.807, 2.05) is 13.8 Å². The smallest absolute Gasteiger partial charge is 0.242 e. The van der Waals surface area contributed by atoms with Crippen LogP contribution in [0.5, 0.6) is 0 Å². The lowest BCUT2D eigenvalue weighted by Gasteiger charge is -2.37. The summed E-state index contributed by atoms with van der Waals surface area (Å²) in [5.74, 6) is 1.09. The monoisotopic (exact) mass is 335 g/mol. The van der Waals surface area contributed by atoms with Gasteiger partial charge in [0, 0.05) is 37.6 Å². The number of hydrogen-bond donors (Lipinski definition) is 1. The first-order valence-electron chi connectivity index (χ1n) is 7.68. The highest BCUT2D eigenvalue weighted by molar-refractivity contribution is 7.13. The van der Waals surface area contributed by atoms with Gasteiger partial charge in [0.05, 0.1) is 11.7 Å². The molecule has 0 saturated carbocycles. The van der Waals surface area contributed by atoms with Crippen molar-refractivity contribution in [3.8, 4) is 0 Å². The number of aryl methyl sites for hydroxylation is 2. The van der Waals surface area contributed by atoms with Gasteiger partial charge in [0.25, 0.3) is 0 Å². The molecule has 3 heterocycles. The Hall–Kier alpha value is -1.93. The summed E-state index contributed by atoms with van der Waals surface area (Å²) in [6.07, 6.45) is 0. The van der Waals surface area contributed by atoms with Crippen molar-refractivity contribution in [3.63, 3.8) is 0 Å². The van der Waals surface area contributed by atoms with Gasteiger partial charge in [-0.15, -0.1) is 11.3 Å². The second-order valence-electron chi connectivity index (χ2n) is 5.78. The molecule has 0 aromatic carbocycles. The Labute approximate surface area is 139 Å². The number of amides is 1. The third kappa shape index (κ3) is 3.70. The van der Waals surface area contributed by atoms with Crippen LogP contribution in [0, 0.1) is 13.8 Å². The lowest BCUT2D eigenvalue weighted by Crippen LogP contribution is -2.52. The molecule has 1 N–H and O–H groups in total. The molecular formula is C15H21N5O2S. The molecule has 8 heteroatoms. The average molecular weight is 335 g/mol. The van der Waals surface area contributed by atoms with Crippen molar-refractivity contribution in [1.82, 2.24) is 15.0 Å². The van der Waals surface area contributed by atoms with Gasteiger partial charge in [0.2, 0.25) is 5.91 Å². The van der Waals surface area contributed by atoms with Crippen LogP contribution < -0.4 is 10.2 Å². The molecule has 3 rings (SSSR count). The fourth-order valence-electron chi connectivity index (χ4n) is 2.61. The van der Waals surface area contributed by atoms with E-state index in [0.29, 0.717) is 11.6 Å². The standard InChI is InChI=1S/C15H21N5O2S/c1-10-9-23-15(16-10)20-6-4-19(5-7-20)12(3)14(21)17-13-8-11(2)22-18-13/h8-9,12H,4-7H2,1-3H3,(H,17,18,21)/t12-/m0/s1. The summed E-state index contributed by atoms with van der Waals surface area (Å²) in [5, 5.41) is 9.73. The Morgan fingerprint density at radius 2 is 2.09 bits per heavy atom. The van der Waals surface area contributed by atoms with Crippen molar-refractivity contribution < 1.29 is 9.32 Å². The van der Waals surface area contributed by atoms with Gasteiger partial charge in [0.1, 0.15) is 5.76 Å². The number of carbonyl (C=O) groups excluding carboxylic acids is 1. The molecule has 0 radical (unpaired) electrons. The largest absolute Gasteiger partial charge is 0.360 e. The molecular weight excluding hydrogens is 314 g/mol. The first-order chi connectivity index (χ1) is 11.0. The fraction of sp³-hybridized carbons (Fsp3) is 0.533. The first-order valence-corrected chi connectivity index (χ1v) is 8.56. The number of rotatable bonds is 4. The maximum atomic E-state index is 12.3. The second-order valence-corrected chi connectivity index (χ2v) is 6.62. The fourth-order valence-corrected chi connectivity index (χ4v) is 3.47. The lowest BCUT2D eigenvalue weighted by molar-refractivity contribution is -0.120. The third-order valence-corrected chi connectivity index (χ3v) is 5.02. The van der Waals surface area contributed by atoms with Gasteiger partial charge in [-0.25, -0.2) is 4.98 Å². The van der Waals surface area contributed by atoms with Crippen LogP contribution in [0.25, 0.3) is 0 Å². The molecule has 1 amide bonds. The Bertz CT molecular complexity index is 675. The minimum atomic E-state index is -0.202. The predicted molar refractivity (Wildman–Crippen MR) is 90.0 cm³/mol. The predicted octanol–water partition coefficient (Wildman–Crippen LogP) is 1.90. The number of thiazole rings is 1. The van der Waals surface area contributed by atoms with E-state index in [2.05, 4.69) is 30.6 Å². The van der Waals surface area contributed by atoms with Gasteiger partial charge in [-0.3, -0.25) is 9.69 Å². The van der Waals surface area contributed by atoms with Crippen LogP contribution in [0.4, 0.5) is 10.9 Å². The second kappa shape index (κ2) is 6.67. The molecule has 124 valence electrons. The minimum Gasteiger partial charge on any atom is -0.360 e. The molecule has 1 saturated heterocycles. The Morgan fingerprint density at radius 3 is 2.65 bits per heavy atom. The van der Waals surface area contributed by atoms with Gasteiger partial charge in [-0.05, 0) is 20.8 Å². The summed E-state index contributed by atoms with van der Waals surface area (Å²) < 4.78 is 4.96. The van der Waals surface area contributed by atoms with Crippen LogP contribution in [-0.2, 0) is 4.79 Å². The van der Waals surface area contributed by atoms with Gasteiger partial charge in [0.15, 0.2) is 10.9 Å². The van der Waals surface area contributed by atoms with Crippen LogP contribution in [0.15, 0.2) is 16.0 Å². The maximum Gasteiger partial charge on any atom is 0.242 e. The van der Waals surface area contributed by atoms with Gasteiger partial charge < -0.3 is 14.7 Å². The van der Waals surface area contributed by atoms with E-state index in [-0.39, 0.29) is 11.9 Å². The van der Waals surface area contributed by atoms with Crippen molar-refractivity contribution in [2.24, 2.45) is 0 Å². The molecule has 1 aliphatic heterocycles. The topological polar surface area (TPSA) is 74.5 Å². The number of nitrogens with one attached hydrogen (secondary N) is 1. The number of aromatic nitrogens is 2. The number of piperazine rings is 1. The number of hydrogen-bond acceptors (Lipinski definition) is 7. The maximum absolute atomic E-state index is 12.3. The van der Waals surface area contributed by atoms with Crippen LogP contribution in [0.3, 0.4) is 0 Å². The van der Waals surface area contributed by atoms with Crippen molar-refractivity contribution in [1.29, 1.82) is 0 Å². The molecule has 0 bridgehead atoms. The van der Waals surface area contributed by atoms with E-state index in [0.717, 1.165) is 37.0 Å². The third-order valence-electron chi connectivity index (χ3n) is 4.00. The summed E-state index contributed by atoms with van der Waals surface area (Å²) in [4.78, 5) is 21.3. The zero-order valence-corrected chi connectivity index (χ0v) is 14.4. The highest BCUT2D eigenvalue weighted by atomic mass is 32.1. The highest BCUT2D eigenvalue weighted by Crippen LogP contribution is 2.22. The zero-order chi connectivity index (χ0) is 16.4.